The number of hydrogen-bond acceptors (Lipinski definition) is 6. The molecule has 5 aliphatic rings. The summed E-state index contributed by atoms with van der Waals surface area (Å²) in [4.78, 5) is 38.8. The van der Waals surface area contributed by atoms with E-state index in [-0.39, 0.29) is 23.3 Å². The first-order valence-electron chi connectivity index (χ1n) is 11.7. The normalized spacial score (nSPS) is 35.2. The summed E-state index contributed by atoms with van der Waals surface area (Å²) in [6.07, 6.45) is 8.40. The number of carbonyl (C=O) groups is 2. The molecule has 2 heterocycles. The van der Waals surface area contributed by atoms with E-state index >= 15 is 0 Å². The average Bonchev–Trinajstić information content (AvgIpc) is 2.76. The molecule has 2 unspecified atom stereocenters. The summed E-state index contributed by atoms with van der Waals surface area (Å²) in [5.74, 6) is 2.08. The number of nitrogens with zero attached hydrogens (tertiary/aromatic N) is 4. The van der Waals surface area contributed by atoms with Crippen molar-refractivity contribution >= 4 is 17.8 Å². The summed E-state index contributed by atoms with van der Waals surface area (Å²) < 4.78 is 0. The molecule has 31 heavy (non-hydrogen) atoms. The summed E-state index contributed by atoms with van der Waals surface area (Å²) in [5.41, 5.74) is 4.91. The molecule has 5 fully saturated rings. The molecular weight excluding hydrogens is 392 g/mol. The average molecular weight is 427 g/mol. The minimum atomic E-state index is -0.584. The quantitative estimate of drug-likeness (QED) is 0.733. The van der Waals surface area contributed by atoms with Gasteiger partial charge in [0.2, 0.25) is 17.8 Å². The number of carbonyl (C=O) groups excluding carboxylic acids is 2. The van der Waals surface area contributed by atoms with Crippen LogP contribution < -0.4 is 16.0 Å². The molecule has 6 rings (SSSR count). The van der Waals surface area contributed by atoms with Gasteiger partial charge in [0.25, 0.3) is 0 Å². The molecule has 0 aromatic carbocycles. The third kappa shape index (κ3) is 3.49. The van der Waals surface area contributed by atoms with E-state index in [0.717, 1.165) is 64.2 Å². The number of aromatic nitrogens is 2. The lowest BCUT2D eigenvalue weighted by Gasteiger charge is -2.59. The number of piperazine rings is 1. The first kappa shape index (κ1) is 20.7. The van der Waals surface area contributed by atoms with Crippen LogP contribution >= 0.6 is 0 Å². The summed E-state index contributed by atoms with van der Waals surface area (Å²) in [7, 11) is 0. The van der Waals surface area contributed by atoms with E-state index in [9.17, 15) is 9.59 Å². The lowest BCUT2D eigenvalue weighted by molar-refractivity contribution is -0.149. The highest BCUT2D eigenvalue weighted by molar-refractivity contribution is 5.86. The molecule has 8 nitrogen and oxygen atoms in total. The number of amides is 2. The fourth-order valence-corrected chi connectivity index (χ4v) is 6.95. The molecule has 0 radical (unpaired) electrons. The molecular formula is C23H34N6O2. The van der Waals surface area contributed by atoms with Crippen molar-refractivity contribution in [3.8, 4) is 0 Å². The maximum absolute atomic E-state index is 13.4. The highest BCUT2D eigenvalue weighted by Crippen LogP contribution is 2.59. The summed E-state index contributed by atoms with van der Waals surface area (Å²) in [5, 5.41) is 3.43. The molecule has 168 valence electrons. The van der Waals surface area contributed by atoms with Gasteiger partial charge in [-0.2, -0.15) is 0 Å². The Labute approximate surface area is 184 Å². The van der Waals surface area contributed by atoms with Crippen molar-refractivity contribution in [1.82, 2.24) is 20.2 Å². The van der Waals surface area contributed by atoms with E-state index in [1.165, 1.54) is 0 Å². The Balaban J connectivity index is 1.22. The van der Waals surface area contributed by atoms with Gasteiger partial charge in [-0.05, 0) is 69.8 Å². The first-order valence-corrected chi connectivity index (χ1v) is 11.7. The first-order chi connectivity index (χ1) is 14.8. The van der Waals surface area contributed by atoms with Crippen LogP contribution in [0.3, 0.4) is 0 Å². The maximum Gasteiger partial charge on any atom is 0.240 e. The van der Waals surface area contributed by atoms with Crippen molar-refractivity contribution in [1.29, 1.82) is 0 Å². The minimum absolute atomic E-state index is 0.0995. The Morgan fingerprint density at radius 3 is 2.26 bits per heavy atom. The lowest BCUT2D eigenvalue weighted by Crippen LogP contribution is -2.66. The molecule has 4 saturated carbocycles. The van der Waals surface area contributed by atoms with Crippen molar-refractivity contribution in [2.75, 3.05) is 31.1 Å². The van der Waals surface area contributed by atoms with Crippen molar-refractivity contribution in [2.24, 2.45) is 28.9 Å². The van der Waals surface area contributed by atoms with Crippen LogP contribution in [0.2, 0.25) is 0 Å². The van der Waals surface area contributed by atoms with Crippen molar-refractivity contribution in [3.05, 3.63) is 18.5 Å². The molecule has 4 aliphatic carbocycles. The van der Waals surface area contributed by atoms with E-state index in [1.807, 2.05) is 19.9 Å². The monoisotopic (exact) mass is 426 g/mol. The predicted molar refractivity (Wildman–Crippen MR) is 117 cm³/mol. The standard InChI is InChI=1S/C23H34N6O2/c1-22(2,29-8-6-28(7-9-29)21-25-4-3-5-26-21)20(31)27-18-16-10-15-11-17(18)14-23(12-15,13-16)19(24)30/h3-5,15-18H,6-14H2,1-2H3,(H2,24,30)(H,27,31). The van der Waals surface area contributed by atoms with Gasteiger partial charge in [-0.25, -0.2) is 9.97 Å². The van der Waals surface area contributed by atoms with Crippen molar-refractivity contribution < 1.29 is 9.59 Å². The van der Waals surface area contributed by atoms with Crippen LogP contribution in [0, 0.1) is 23.2 Å². The predicted octanol–water partition coefficient (Wildman–Crippen LogP) is 1.17. The Kier molecular flexibility index (Phi) is 4.95. The summed E-state index contributed by atoms with van der Waals surface area (Å²) in [6.45, 7) is 7.25. The topological polar surface area (TPSA) is 104 Å². The van der Waals surface area contributed by atoms with Gasteiger partial charge < -0.3 is 16.0 Å². The Hall–Kier alpha value is -2.22. The van der Waals surface area contributed by atoms with Crippen molar-refractivity contribution in [2.45, 2.75) is 57.5 Å². The molecule has 2 amide bonds. The Morgan fingerprint density at radius 2 is 1.68 bits per heavy atom. The second-order valence-electron chi connectivity index (χ2n) is 10.7. The van der Waals surface area contributed by atoms with Gasteiger partial charge in [0.1, 0.15) is 0 Å². The maximum atomic E-state index is 13.4. The second-order valence-corrected chi connectivity index (χ2v) is 10.7. The zero-order chi connectivity index (χ0) is 21.8. The van der Waals surface area contributed by atoms with E-state index in [2.05, 4.69) is 25.1 Å². The van der Waals surface area contributed by atoms with Gasteiger partial charge >= 0.3 is 0 Å². The fourth-order valence-electron chi connectivity index (χ4n) is 6.95. The Morgan fingerprint density at radius 1 is 1.06 bits per heavy atom. The molecule has 1 aromatic rings. The van der Waals surface area contributed by atoms with E-state index in [4.69, 9.17) is 5.73 Å². The SMILES string of the molecule is CC(C)(C(=O)NC1C2CC3CC1CC(C(N)=O)(C3)C2)N1CCN(c2ncccn2)CC1. The molecule has 0 spiro atoms. The van der Waals surface area contributed by atoms with E-state index in [0.29, 0.717) is 17.8 Å². The molecule has 2 atom stereocenters. The van der Waals surface area contributed by atoms with Crippen molar-refractivity contribution in [3.63, 3.8) is 0 Å². The van der Waals surface area contributed by atoms with Crippen LogP contribution in [0.4, 0.5) is 5.95 Å². The molecule has 1 aromatic heterocycles. The minimum Gasteiger partial charge on any atom is -0.369 e. The lowest BCUT2D eigenvalue weighted by atomic mass is 9.47. The number of hydrogen-bond donors (Lipinski definition) is 2. The number of nitrogens with two attached hydrogens (primary N) is 1. The number of anilines is 1. The third-order valence-electron chi connectivity index (χ3n) is 8.55. The van der Waals surface area contributed by atoms with E-state index in [1.54, 1.807) is 12.4 Å². The smallest absolute Gasteiger partial charge is 0.240 e. The number of primary amides is 1. The second kappa shape index (κ2) is 7.43. The molecule has 1 aliphatic heterocycles. The highest BCUT2D eigenvalue weighted by Gasteiger charge is 2.58. The summed E-state index contributed by atoms with van der Waals surface area (Å²) >= 11 is 0. The van der Waals surface area contributed by atoms with Gasteiger partial charge in [0.15, 0.2) is 0 Å². The van der Waals surface area contributed by atoms with Crippen LogP contribution in [0.15, 0.2) is 18.5 Å². The number of rotatable bonds is 5. The van der Waals surface area contributed by atoms with Gasteiger partial charge in [-0.15, -0.1) is 0 Å². The largest absolute Gasteiger partial charge is 0.369 e. The van der Waals surface area contributed by atoms with Crippen LogP contribution in [0.5, 0.6) is 0 Å². The van der Waals surface area contributed by atoms with Gasteiger partial charge in [0, 0.05) is 50.0 Å². The third-order valence-corrected chi connectivity index (χ3v) is 8.55. The molecule has 8 heteroatoms. The highest BCUT2D eigenvalue weighted by atomic mass is 16.2. The Bertz CT molecular complexity index is 835. The zero-order valence-electron chi connectivity index (χ0n) is 18.6. The fraction of sp³-hybridized carbons (Fsp3) is 0.739. The molecule has 4 bridgehead atoms. The van der Waals surface area contributed by atoms with Crippen LogP contribution in [-0.2, 0) is 9.59 Å². The van der Waals surface area contributed by atoms with Crippen LogP contribution in [-0.4, -0.2) is 64.4 Å². The molecule has 3 N–H and O–H groups in total. The van der Waals surface area contributed by atoms with Crippen LogP contribution in [0.1, 0.15) is 46.0 Å². The zero-order valence-corrected chi connectivity index (χ0v) is 18.6. The molecule has 1 saturated heterocycles. The van der Waals surface area contributed by atoms with Gasteiger partial charge in [0.05, 0.1) is 5.54 Å². The number of nitrogens with one attached hydrogen (secondary N) is 1. The van der Waals surface area contributed by atoms with Gasteiger partial charge in [-0.1, -0.05) is 0 Å². The summed E-state index contributed by atoms with van der Waals surface area (Å²) in [6, 6.07) is 2.00. The van der Waals surface area contributed by atoms with Gasteiger partial charge in [-0.3, -0.25) is 14.5 Å². The van der Waals surface area contributed by atoms with Crippen LogP contribution in [0.25, 0.3) is 0 Å². The van der Waals surface area contributed by atoms with E-state index < -0.39 is 5.54 Å².